The lowest BCUT2D eigenvalue weighted by atomic mass is 9.89. The smallest absolute Gasteiger partial charge is 0.154 e. The molecule has 20 aromatic carbocycles. The molecule has 0 saturated carbocycles. The van der Waals surface area contributed by atoms with Crippen LogP contribution in [0.1, 0.15) is 83.1 Å². The van der Waals surface area contributed by atoms with E-state index in [0.29, 0.717) is 56.6 Å². The van der Waals surface area contributed by atoms with Gasteiger partial charge in [0.1, 0.15) is 40.7 Å². The Morgan fingerprint density at radius 1 is 0.135 bits per heavy atom. The van der Waals surface area contributed by atoms with E-state index in [-0.39, 0.29) is 5.82 Å². The van der Waals surface area contributed by atoms with Gasteiger partial charge in [-0.1, -0.05) is 394 Å². The molecule has 0 amide bonds. The molecule has 736 valence electrons. The second-order valence-electron chi connectivity index (χ2n) is 40.4. The van der Waals surface area contributed by atoms with E-state index in [0.717, 1.165) is 122 Å². The first-order valence-corrected chi connectivity index (χ1v) is 49.7. The fraction of sp³-hybridized carbons (Fsp3) is 0.118. The molecule has 0 saturated heterocycles. The number of rotatable bonds is 20. The van der Waals surface area contributed by atoms with Crippen molar-refractivity contribution in [2.24, 2.45) is 0 Å². The second kappa shape index (κ2) is 45.1. The minimum Gasteiger partial charge on any atom is -0.331 e. The number of nitrogens with zero attached hydrogens (tertiary/aromatic N) is 4. The van der Waals surface area contributed by atoms with Gasteiger partial charge in [0.2, 0.25) is 0 Å². The zero-order valence-electron chi connectivity index (χ0n) is 85.0. The molecule has 148 heavy (non-hydrogen) atoms. The number of para-hydroxylation sites is 4. The van der Waals surface area contributed by atoms with Gasteiger partial charge in [0, 0.05) is 38.8 Å². The quantitative estimate of drug-likeness (QED) is 0.0705. The molecule has 0 aliphatic rings. The highest BCUT2D eigenvalue weighted by Crippen LogP contribution is 2.52. The molecule has 0 bridgehead atoms. The van der Waals surface area contributed by atoms with Crippen LogP contribution in [0.3, 0.4) is 0 Å². The molecule has 0 spiro atoms. The summed E-state index contributed by atoms with van der Waals surface area (Å²) in [6.07, 6.45) is 0. The van der Waals surface area contributed by atoms with Crippen LogP contribution in [-0.2, 0) is 0 Å². The predicted molar refractivity (Wildman–Crippen MR) is 604 cm³/mol. The fourth-order valence-corrected chi connectivity index (χ4v) is 19.1. The molecule has 0 aliphatic carbocycles. The van der Waals surface area contributed by atoms with Crippen molar-refractivity contribution < 1.29 is 35.1 Å². The number of benzene rings is 20. The van der Waals surface area contributed by atoms with E-state index in [9.17, 15) is 4.39 Å². The van der Waals surface area contributed by atoms with Gasteiger partial charge in [-0.3, -0.25) is 0 Å². The van der Waals surface area contributed by atoms with Crippen molar-refractivity contribution in [2.75, 3.05) is 19.6 Å². The molecule has 0 atom stereocenters. The molecule has 0 heterocycles. The maximum absolute atomic E-state index is 16.4. The molecule has 0 aliphatic heterocycles. The summed E-state index contributed by atoms with van der Waals surface area (Å²) in [5, 5.41) is 0. The Morgan fingerprint density at radius 2 is 0.372 bits per heavy atom. The third-order valence-corrected chi connectivity index (χ3v) is 25.9. The van der Waals surface area contributed by atoms with Gasteiger partial charge in [-0.05, 0) is 291 Å². The van der Waals surface area contributed by atoms with Crippen molar-refractivity contribution in [3.05, 3.63) is 532 Å². The zero-order chi connectivity index (χ0) is 104. The molecule has 0 aromatic heterocycles. The first kappa shape index (κ1) is 102. The van der Waals surface area contributed by atoms with E-state index in [4.69, 9.17) is 0 Å². The Hall–Kier alpha value is -17.0. The molecule has 4 nitrogen and oxygen atoms in total. The Morgan fingerprint density at radius 3 is 0.709 bits per heavy atom. The number of anilines is 8. The Labute approximate surface area is 865 Å². The second-order valence-corrected chi connectivity index (χ2v) is 40.4. The Balaban J connectivity index is 0.000000135. The van der Waals surface area contributed by atoms with Crippen molar-refractivity contribution in [1.29, 1.82) is 0 Å². The van der Waals surface area contributed by atoms with Crippen LogP contribution < -0.4 is 19.6 Å². The third-order valence-electron chi connectivity index (χ3n) is 25.9. The van der Waals surface area contributed by atoms with Gasteiger partial charge in [-0.2, -0.15) is 0 Å². The first-order valence-electron chi connectivity index (χ1n) is 49.7. The maximum Gasteiger partial charge on any atom is 0.154 e. The highest BCUT2D eigenvalue weighted by molar-refractivity contribution is 5.97. The molecule has 0 fully saturated rings. The molecular weight excluding hydrogens is 1840 g/mol. The van der Waals surface area contributed by atoms with E-state index < -0.39 is 62.9 Å². The molecule has 0 unspecified atom stereocenters. The highest BCUT2D eigenvalue weighted by Gasteiger charge is 2.37. The third kappa shape index (κ3) is 23.5. The summed E-state index contributed by atoms with van der Waals surface area (Å²) >= 11 is 0. The Kier molecular flexibility index (Phi) is 31.3. The normalized spacial score (nSPS) is 11.4. The largest absolute Gasteiger partial charge is 0.331 e. The maximum atomic E-state index is 16.4. The molecule has 0 radical (unpaired) electrons. The van der Waals surface area contributed by atoms with E-state index in [1.165, 1.54) is 30.3 Å². The summed E-state index contributed by atoms with van der Waals surface area (Å²) in [7, 11) is 0. The minimum absolute atomic E-state index is 0.334. The van der Waals surface area contributed by atoms with Crippen LogP contribution in [0.4, 0.5) is 80.6 Å². The first-order chi connectivity index (χ1) is 71.3. The van der Waals surface area contributed by atoms with E-state index in [1.807, 2.05) is 344 Å². The van der Waals surface area contributed by atoms with E-state index in [2.05, 4.69) is 109 Å². The molecular formula is C136H116F8N4. The fourth-order valence-electron chi connectivity index (χ4n) is 19.1. The van der Waals surface area contributed by atoms with Crippen molar-refractivity contribution in [2.45, 2.75) is 105 Å². The molecule has 20 aromatic rings. The number of halogens is 8. The van der Waals surface area contributed by atoms with Crippen molar-refractivity contribution in [3.8, 4) is 134 Å². The summed E-state index contributed by atoms with van der Waals surface area (Å²) in [5.41, 5.74) is 22.6. The summed E-state index contributed by atoms with van der Waals surface area (Å²) in [6, 6.07) is 153. The van der Waals surface area contributed by atoms with Crippen molar-refractivity contribution >= 4 is 45.5 Å². The van der Waals surface area contributed by atoms with Crippen LogP contribution in [0, 0.1) is 46.5 Å². The average Bonchev–Trinajstić information content (AvgIpc) is 0.743. The summed E-state index contributed by atoms with van der Waals surface area (Å²) in [6.45, 7) is 23.5. The van der Waals surface area contributed by atoms with Gasteiger partial charge in [0.05, 0.1) is 45.5 Å². The van der Waals surface area contributed by atoms with Gasteiger partial charge in [0.25, 0.3) is 0 Å². The van der Waals surface area contributed by atoms with Crippen LogP contribution >= 0.6 is 0 Å². The summed E-state index contributed by atoms with van der Waals surface area (Å²) < 4.78 is 125. The van der Waals surface area contributed by atoms with Gasteiger partial charge in [0.15, 0.2) is 5.82 Å². The van der Waals surface area contributed by atoms with Crippen LogP contribution in [0.25, 0.3) is 134 Å². The van der Waals surface area contributed by atoms with Gasteiger partial charge < -0.3 is 19.6 Å². The van der Waals surface area contributed by atoms with Crippen LogP contribution in [-0.4, -0.2) is 22.2 Å². The van der Waals surface area contributed by atoms with E-state index >= 15 is 30.7 Å². The van der Waals surface area contributed by atoms with Crippen molar-refractivity contribution in [1.82, 2.24) is 0 Å². The minimum atomic E-state index is -0.614. The highest BCUT2D eigenvalue weighted by atomic mass is 19.2. The zero-order valence-corrected chi connectivity index (χ0v) is 85.0. The lowest BCUT2D eigenvalue weighted by molar-refractivity contribution is 0.527. The predicted octanol–water partition coefficient (Wildman–Crippen LogP) is 39.6. The average molecular weight is 1960 g/mol. The lowest BCUT2D eigenvalue weighted by Gasteiger charge is -2.40. The van der Waals surface area contributed by atoms with Crippen LogP contribution in [0.2, 0.25) is 0 Å². The molecule has 0 N–H and O–H groups in total. The monoisotopic (exact) mass is 1960 g/mol. The van der Waals surface area contributed by atoms with E-state index in [1.54, 1.807) is 105 Å². The Bertz CT molecular complexity index is 7850. The topological polar surface area (TPSA) is 13.0 Å². The summed E-state index contributed by atoms with van der Waals surface area (Å²) in [4.78, 5) is 7.05. The standard InChI is InChI=1S/4C34H29F2N/c1-34(2,3)37(32-17-11-10-16-30(32)35)33-29(27-14-8-5-9-15-27)22-28(23-31(33)36)26-20-18-25(19-21-26)24-12-6-4-7-13-24;1-34(2,3)37(31-17-11-10-16-30(31)35)32-23-28(22-29(33(32)36)27-14-8-5-9-15-27)26-20-18-25(19-21-26)24-12-6-4-7-13-24;1-34(2,3)37(32-17-11-10-16-30(32)35)33-23-29(26-14-8-5-9-15-26)28(22-31(33)36)27-20-18-25(19-21-27)24-12-6-4-7-13-24;1-34(2,3)37(31-17-11-10-16-29(31)35)33-30(36)23-22-28(26-14-8-5-9-15-26)32(33)27-20-18-25(19-21-27)24-12-6-4-7-13-24/h4*4-23H,1-3H3. The molecule has 20 rings (SSSR count). The van der Waals surface area contributed by atoms with Crippen molar-refractivity contribution in [3.63, 3.8) is 0 Å². The summed E-state index contributed by atoms with van der Waals surface area (Å²) in [5.74, 6) is -3.16. The molecule has 12 heteroatoms. The van der Waals surface area contributed by atoms with Gasteiger partial charge in [-0.25, -0.2) is 35.1 Å². The van der Waals surface area contributed by atoms with Crippen LogP contribution in [0.5, 0.6) is 0 Å². The number of hydrogen-bond donors (Lipinski definition) is 0. The van der Waals surface area contributed by atoms with Gasteiger partial charge >= 0.3 is 0 Å². The van der Waals surface area contributed by atoms with Gasteiger partial charge in [-0.15, -0.1) is 0 Å². The lowest BCUT2D eigenvalue weighted by Crippen LogP contribution is -2.39. The SMILES string of the molecule is CC(C)(C)N(c1ccccc1F)c1c(F)cc(-c2ccc(-c3ccccc3)cc2)cc1-c1ccccc1.CC(C)(C)N(c1ccccc1F)c1c(F)ccc(-c2ccccc2)c1-c1ccc(-c2ccccc2)cc1.CC(C)(C)N(c1ccccc1F)c1cc(-c2ccc(-c3ccccc3)cc2)cc(-c2ccccc2)c1F.CC(C)(C)N(c1ccccc1F)c1cc(-c2ccccc2)c(-c2ccc(-c3ccccc3)cc2)cc1F. The van der Waals surface area contributed by atoms with Crippen LogP contribution in [0.15, 0.2) is 485 Å². The number of hydrogen-bond acceptors (Lipinski definition) is 4.